The summed E-state index contributed by atoms with van der Waals surface area (Å²) >= 11 is 0.884. The number of nitrogens with two attached hydrogens (primary N) is 1. The Hall–Kier alpha value is -1.51. The smallest absolute Gasteiger partial charge is 0.277 e. The Kier molecular flexibility index (Phi) is 4.88. The van der Waals surface area contributed by atoms with E-state index in [4.69, 9.17) is 5.73 Å². The largest absolute Gasteiger partial charge is 0.388 e. The normalized spacial score (nSPS) is 45.3. The highest BCUT2D eigenvalue weighted by Crippen LogP contribution is 2.71. The van der Waals surface area contributed by atoms with Gasteiger partial charge >= 0.3 is 0 Å². The fraction of sp³-hybridized carbons (Fsp3) is 0.727. The van der Waals surface area contributed by atoms with Crippen molar-refractivity contribution in [3.63, 3.8) is 0 Å². The van der Waals surface area contributed by atoms with Gasteiger partial charge in [0.25, 0.3) is 5.24 Å². The molecule has 0 aromatic carbocycles. The van der Waals surface area contributed by atoms with Crippen molar-refractivity contribution in [3.05, 3.63) is 11.6 Å². The molecule has 8 heteroatoms. The Labute approximate surface area is 179 Å². The van der Waals surface area contributed by atoms with E-state index in [9.17, 15) is 29.4 Å². The number of thioether (sulfide) groups is 1. The molecule has 1 amide bonds. The zero-order chi connectivity index (χ0) is 22.1. The first kappa shape index (κ1) is 21.7. The van der Waals surface area contributed by atoms with E-state index >= 15 is 0 Å². The maximum atomic E-state index is 13.9. The lowest BCUT2D eigenvalue weighted by molar-refractivity contribution is -0.167. The predicted molar refractivity (Wildman–Crippen MR) is 111 cm³/mol. The molecule has 4 N–H and O–H groups in total. The lowest BCUT2D eigenvalue weighted by Gasteiger charge is -2.63. The molecule has 0 aliphatic heterocycles. The minimum Gasteiger partial charge on any atom is -0.388 e. The molecule has 0 aromatic heterocycles. The topological polar surface area (TPSA) is 135 Å². The summed E-state index contributed by atoms with van der Waals surface area (Å²) in [6.07, 6.45) is 4.32. The van der Waals surface area contributed by atoms with Crippen molar-refractivity contribution >= 4 is 34.4 Å². The third-order valence-corrected chi connectivity index (χ3v) is 10.4. The number of aliphatic hydroxyl groups excluding tert-OH is 1. The minimum absolute atomic E-state index is 0.0389. The van der Waals surface area contributed by atoms with E-state index in [1.807, 2.05) is 6.92 Å². The van der Waals surface area contributed by atoms with Crippen LogP contribution in [0.25, 0.3) is 0 Å². The molecular weight excluding hydrogens is 406 g/mol. The molecule has 0 heterocycles. The van der Waals surface area contributed by atoms with Crippen LogP contribution in [0.4, 0.5) is 4.79 Å². The van der Waals surface area contributed by atoms with E-state index in [0.717, 1.165) is 17.3 Å². The van der Waals surface area contributed by atoms with Gasteiger partial charge < -0.3 is 15.9 Å². The summed E-state index contributed by atoms with van der Waals surface area (Å²) in [6.45, 7) is 2.96. The van der Waals surface area contributed by atoms with Crippen LogP contribution in [-0.2, 0) is 14.4 Å². The van der Waals surface area contributed by atoms with Crippen LogP contribution in [0.1, 0.15) is 58.8 Å². The van der Waals surface area contributed by atoms with Gasteiger partial charge in [0.05, 0.1) is 4.75 Å². The molecule has 30 heavy (non-hydrogen) atoms. The summed E-state index contributed by atoms with van der Waals surface area (Å²) in [5, 5.41) is 20.1. The third kappa shape index (κ3) is 2.47. The second kappa shape index (κ2) is 6.74. The Bertz CT molecular complexity index is 885. The average Bonchev–Trinajstić information content (AvgIpc) is 2.94. The van der Waals surface area contributed by atoms with E-state index in [0.29, 0.717) is 32.1 Å². The molecule has 3 fully saturated rings. The molecule has 4 aliphatic rings. The first-order chi connectivity index (χ1) is 14.0. The molecule has 0 bridgehead atoms. The number of hydrogen-bond acceptors (Lipinski definition) is 7. The van der Waals surface area contributed by atoms with E-state index < -0.39 is 38.8 Å². The van der Waals surface area contributed by atoms with Gasteiger partial charge in [-0.1, -0.05) is 19.4 Å². The fourth-order valence-corrected chi connectivity index (χ4v) is 8.70. The van der Waals surface area contributed by atoms with E-state index in [-0.39, 0.29) is 36.2 Å². The highest BCUT2D eigenvalue weighted by Gasteiger charge is 2.74. The van der Waals surface area contributed by atoms with E-state index in [1.165, 1.54) is 0 Å². The van der Waals surface area contributed by atoms with Gasteiger partial charge in [0.1, 0.15) is 12.2 Å². The zero-order valence-electron chi connectivity index (χ0n) is 17.4. The third-order valence-electron chi connectivity index (χ3n) is 8.86. The number of allylic oxidation sites excluding steroid dienone is 1. The first-order valence-electron chi connectivity index (χ1n) is 10.6. The van der Waals surface area contributed by atoms with Crippen molar-refractivity contribution in [1.82, 2.24) is 0 Å². The van der Waals surface area contributed by atoms with Gasteiger partial charge in [-0.15, -0.1) is 0 Å². The van der Waals surface area contributed by atoms with Gasteiger partial charge in [-0.05, 0) is 61.8 Å². The number of hydrogen-bond donors (Lipinski definition) is 3. The molecule has 7 nitrogen and oxygen atoms in total. The molecule has 3 saturated carbocycles. The number of ketones is 3. The van der Waals surface area contributed by atoms with Gasteiger partial charge in [0.2, 0.25) is 0 Å². The van der Waals surface area contributed by atoms with Crippen molar-refractivity contribution in [3.8, 4) is 0 Å². The highest BCUT2D eigenvalue weighted by molar-refractivity contribution is 8.15. The quantitative estimate of drug-likeness (QED) is 0.616. The lowest BCUT2D eigenvalue weighted by atomic mass is 9.45. The van der Waals surface area contributed by atoms with Crippen LogP contribution in [0.2, 0.25) is 0 Å². The molecule has 0 spiro atoms. The van der Waals surface area contributed by atoms with Gasteiger partial charge in [0.15, 0.2) is 17.3 Å². The summed E-state index contributed by atoms with van der Waals surface area (Å²) in [4.78, 5) is 50.8. The fourth-order valence-electron chi connectivity index (χ4n) is 7.31. The van der Waals surface area contributed by atoms with Crippen LogP contribution >= 0.6 is 11.8 Å². The van der Waals surface area contributed by atoms with Crippen molar-refractivity contribution in [2.75, 3.05) is 6.61 Å². The van der Waals surface area contributed by atoms with Gasteiger partial charge in [0, 0.05) is 23.7 Å². The van der Waals surface area contributed by atoms with Crippen LogP contribution in [0.5, 0.6) is 0 Å². The standard InChI is InChI=1S/C22H29NO6S/c1-19-7-5-13(25)9-12(19)3-4-15-14-6-8-21(29,17(27)11-24)20(14,2)10-16(26)22(15,19)30-18(23)28/h9,14-15,24,29H,3-8,10-11H2,1-2H3,(H2,23,28)/t14-,15-,19-,20-,21+,22-/m0/s1. The number of Topliss-reactive ketones (excluding diaryl/α,β-unsaturated/α-hetero) is 2. The molecule has 164 valence electrons. The number of carbonyl (C=O) groups is 4. The van der Waals surface area contributed by atoms with Gasteiger partial charge in [-0.2, -0.15) is 0 Å². The van der Waals surface area contributed by atoms with Crippen molar-refractivity contribution in [1.29, 1.82) is 0 Å². The van der Waals surface area contributed by atoms with E-state index in [1.54, 1.807) is 13.0 Å². The second-order valence-corrected chi connectivity index (χ2v) is 11.1. The minimum atomic E-state index is -1.76. The molecule has 6 atom stereocenters. The zero-order valence-corrected chi connectivity index (χ0v) is 18.2. The summed E-state index contributed by atoms with van der Waals surface area (Å²) < 4.78 is -1.11. The summed E-state index contributed by atoms with van der Waals surface area (Å²) in [6, 6.07) is 0. The Balaban J connectivity index is 1.88. The number of primary amides is 1. The first-order valence-corrected chi connectivity index (χ1v) is 11.4. The van der Waals surface area contributed by atoms with Crippen molar-refractivity contribution < 1.29 is 29.4 Å². The van der Waals surface area contributed by atoms with Gasteiger partial charge in [-0.3, -0.25) is 19.2 Å². The van der Waals surface area contributed by atoms with Crippen LogP contribution < -0.4 is 5.73 Å². The van der Waals surface area contributed by atoms with E-state index in [2.05, 4.69) is 0 Å². The molecule has 0 saturated heterocycles. The Morgan fingerprint density at radius 3 is 2.50 bits per heavy atom. The molecule has 0 aromatic rings. The maximum absolute atomic E-state index is 13.9. The van der Waals surface area contributed by atoms with Crippen molar-refractivity contribution in [2.24, 2.45) is 28.4 Å². The molecular formula is C22H29NO6S. The predicted octanol–water partition coefficient (Wildman–Crippen LogP) is 1.92. The van der Waals surface area contributed by atoms with Gasteiger partial charge in [-0.25, -0.2) is 0 Å². The van der Waals surface area contributed by atoms with Crippen LogP contribution in [0.15, 0.2) is 11.6 Å². The number of aliphatic hydroxyl groups is 2. The van der Waals surface area contributed by atoms with Crippen molar-refractivity contribution in [2.45, 2.75) is 69.1 Å². The SMILES string of the molecule is C[C@]12CCC(=O)C=C1CC[C@H]1[C@@H]3CC[C@@](O)(C(=O)CO)[C@@]3(C)CC(=O)[C@@]12SC(N)=O. The summed E-state index contributed by atoms with van der Waals surface area (Å²) in [5.74, 6) is -1.22. The lowest BCUT2D eigenvalue weighted by Crippen LogP contribution is -2.69. The number of fused-ring (bicyclic) bond motifs is 5. The number of rotatable bonds is 3. The monoisotopic (exact) mass is 435 g/mol. The van der Waals surface area contributed by atoms with Crippen LogP contribution in [0.3, 0.4) is 0 Å². The number of carbonyl (C=O) groups excluding carboxylic acids is 4. The highest BCUT2D eigenvalue weighted by atomic mass is 32.2. The Morgan fingerprint density at radius 2 is 1.87 bits per heavy atom. The molecule has 0 unspecified atom stereocenters. The number of amides is 1. The maximum Gasteiger partial charge on any atom is 0.277 e. The van der Waals surface area contributed by atoms with Crippen LogP contribution in [-0.4, -0.2) is 49.8 Å². The second-order valence-electron chi connectivity index (χ2n) is 9.87. The molecule has 4 aliphatic carbocycles. The van der Waals surface area contributed by atoms with Crippen LogP contribution in [0, 0.1) is 22.7 Å². The summed E-state index contributed by atoms with van der Waals surface area (Å²) in [7, 11) is 0. The summed E-state index contributed by atoms with van der Waals surface area (Å²) in [5.41, 5.74) is 3.10. The Morgan fingerprint density at radius 1 is 1.17 bits per heavy atom. The molecule has 4 rings (SSSR count). The average molecular weight is 436 g/mol. The molecule has 0 radical (unpaired) electrons.